The smallest absolute Gasteiger partial charge is 0.153 e. The van der Waals surface area contributed by atoms with Crippen molar-refractivity contribution in [1.82, 2.24) is 19.7 Å². The molecule has 6 heteroatoms. The average Bonchev–Trinajstić information content (AvgIpc) is 3.04. The molecule has 1 fully saturated rings. The van der Waals surface area contributed by atoms with Gasteiger partial charge in [0, 0.05) is 38.9 Å². The van der Waals surface area contributed by atoms with Crippen molar-refractivity contribution < 1.29 is 4.74 Å². The fourth-order valence-electron chi connectivity index (χ4n) is 3.91. The molecule has 0 unspecified atom stereocenters. The maximum Gasteiger partial charge on any atom is 0.153 e. The number of pyridine rings is 1. The Kier molecular flexibility index (Phi) is 5.30. The quantitative estimate of drug-likeness (QED) is 0.683. The van der Waals surface area contributed by atoms with Gasteiger partial charge in [0.2, 0.25) is 0 Å². The van der Waals surface area contributed by atoms with Gasteiger partial charge in [0.05, 0.1) is 24.2 Å². The topological polar surface area (TPSA) is 46.4 Å². The molecule has 6 nitrogen and oxygen atoms in total. The van der Waals surface area contributed by atoms with Gasteiger partial charge in [-0.2, -0.15) is 5.10 Å². The van der Waals surface area contributed by atoms with Crippen LogP contribution in [0.5, 0.6) is 5.75 Å². The number of hydrogen-bond donors (Lipinski definition) is 0. The van der Waals surface area contributed by atoms with E-state index >= 15 is 0 Å². The third-order valence-electron chi connectivity index (χ3n) is 5.37. The summed E-state index contributed by atoms with van der Waals surface area (Å²) in [6.45, 7) is 9.29. The van der Waals surface area contributed by atoms with Crippen LogP contribution in [0.15, 0.2) is 48.7 Å². The maximum absolute atomic E-state index is 5.25. The Morgan fingerprint density at radius 2 is 1.71 bits per heavy atom. The van der Waals surface area contributed by atoms with Crippen LogP contribution in [0, 0.1) is 13.8 Å². The number of ether oxygens (including phenoxy) is 1. The summed E-state index contributed by atoms with van der Waals surface area (Å²) in [5.41, 5.74) is 4.78. The van der Waals surface area contributed by atoms with Crippen molar-refractivity contribution in [2.75, 3.05) is 38.2 Å². The predicted octanol–water partition coefficient (Wildman–Crippen LogP) is 3.21. The van der Waals surface area contributed by atoms with Crippen LogP contribution in [-0.4, -0.2) is 53.0 Å². The molecule has 0 radical (unpaired) electrons. The lowest BCUT2D eigenvalue weighted by Gasteiger charge is -2.36. The lowest BCUT2D eigenvalue weighted by Crippen LogP contribution is -2.46. The highest BCUT2D eigenvalue weighted by atomic mass is 16.5. The van der Waals surface area contributed by atoms with Gasteiger partial charge < -0.3 is 9.64 Å². The first-order chi connectivity index (χ1) is 13.7. The second kappa shape index (κ2) is 8.02. The Balaban J connectivity index is 1.43. The van der Waals surface area contributed by atoms with Gasteiger partial charge in [0.1, 0.15) is 5.75 Å². The van der Waals surface area contributed by atoms with E-state index in [1.165, 1.54) is 11.3 Å². The minimum absolute atomic E-state index is 0.868. The van der Waals surface area contributed by atoms with Crippen molar-refractivity contribution in [2.24, 2.45) is 0 Å². The van der Waals surface area contributed by atoms with Gasteiger partial charge in [-0.1, -0.05) is 18.2 Å². The van der Waals surface area contributed by atoms with Crippen LogP contribution in [0.1, 0.15) is 17.0 Å². The summed E-state index contributed by atoms with van der Waals surface area (Å²) in [6, 6.07) is 14.3. The highest BCUT2D eigenvalue weighted by Gasteiger charge is 2.23. The maximum atomic E-state index is 5.25. The molecule has 3 heterocycles. The Bertz CT molecular complexity index is 912. The number of anilines is 1. The molecule has 0 saturated carbocycles. The number of aromatic nitrogens is 3. The van der Waals surface area contributed by atoms with Crippen molar-refractivity contribution in [3.05, 3.63) is 65.6 Å². The SMILES string of the molecule is COc1ccc(CN2CCN(c3c(C)nn(-c4ccccn4)c3C)CC2)cc1. The Hall–Kier alpha value is -2.86. The number of nitrogens with zero attached hydrogens (tertiary/aromatic N) is 5. The van der Waals surface area contributed by atoms with E-state index in [1.807, 2.05) is 41.2 Å². The zero-order chi connectivity index (χ0) is 19.5. The third-order valence-corrected chi connectivity index (χ3v) is 5.37. The highest BCUT2D eigenvalue weighted by molar-refractivity contribution is 5.56. The minimum atomic E-state index is 0.868. The van der Waals surface area contributed by atoms with Gasteiger partial charge >= 0.3 is 0 Å². The van der Waals surface area contributed by atoms with E-state index in [0.717, 1.165) is 55.7 Å². The third kappa shape index (κ3) is 3.73. The van der Waals surface area contributed by atoms with E-state index < -0.39 is 0 Å². The molecular formula is C22H27N5O. The molecule has 3 aromatic rings. The molecule has 0 N–H and O–H groups in total. The van der Waals surface area contributed by atoms with Crippen molar-refractivity contribution in [3.63, 3.8) is 0 Å². The number of benzene rings is 1. The first-order valence-corrected chi connectivity index (χ1v) is 9.73. The number of piperazine rings is 1. The monoisotopic (exact) mass is 377 g/mol. The van der Waals surface area contributed by atoms with Gasteiger partial charge in [-0.05, 0) is 43.7 Å². The standard InChI is InChI=1S/C22H27N5O/c1-17-22(18(2)27(24-17)21-6-4-5-11-23-21)26-14-12-25(13-15-26)16-19-7-9-20(28-3)10-8-19/h4-11H,12-16H2,1-3H3. The Labute approximate surface area is 166 Å². The molecule has 1 aromatic carbocycles. The van der Waals surface area contributed by atoms with Crippen LogP contribution in [-0.2, 0) is 6.54 Å². The van der Waals surface area contributed by atoms with E-state index in [0.29, 0.717) is 0 Å². The average molecular weight is 377 g/mol. The van der Waals surface area contributed by atoms with Gasteiger partial charge in [-0.15, -0.1) is 0 Å². The van der Waals surface area contributed by atoms with Gasteiger partial charge in [-0.3, -0.25) is 4.90 Å². The summed E-state index contributed by atoms with van der Waals surface area (Å²) in [6.07, 6.45) is 1.81. The molecule has 1 saturated heterocycles. The predicted molar refractivity (Wildman–Crippen MR) is 111 cm³/mol. The largest absolute Gasteiger partial charge is 0.497 e. The van der Waals surface area contributed by atoms with Crippen molar-refractivity contribution >= 4 is 5.69 Å². The first-order valence-electron chi connectivity index (χ1n) is 9.73. The molecule has 0 bridgehead atoms. The molecule has 1 aliphatic rings. The van der Waals surface area contributed by atoms with Gasteiger partial charge in [0.15, 0.2) is 5.82 Å². The second-order valence-electron chi connectivity index (χ2n) is 7.23. The fraction of sp³-hybridized carbons (Fsp3) is 0.364. The molecule has 0 aliphatic carbocycles. The summed E-state index contributed by atoms with van der Waals surface area (Å²) >= 11 is 0. The molecule has 0 amide bonds. The second-order valence-corrected chi connectivity index (χ2v) is 7.23. The molecule has 2 aromatic heterocycles. The van der Waals surface area contributed by atoms with Crippen LogP contribution < -0.4 is 9.64 Å². The lowest BCUT2D eigenvalue weighted by molar-refractivity contribution is 0.249. The number of rotatable bonds is 5. The van der Waals surface area contributed by atoms with Crippen molar-refractivity contribution in [2.45, 2.75) is 20.4 Å². The lowest BCUT2D eigenvalue weighted by atomic mass is 10.1. The number of aryl methyl sites for hydroxylation is 1. The van der Waals surface area contributed by atoms with E-state index in [9.17, 15) is 0 Å². The van der Waals surface area contributed by atoms with Crippen LogP contribution in [0.25, 0.3) is 5.82 Å². The molecule has 146 valence electrons. The fourth-order valence-corrected chi connectivity index (χ4v) is 3.91. The van der Waals surface area contributed by atoms with Crippen molar-refractivity contribution in [3.8, 4) is 11.6 Å². The zero-order valence-electron chi connectivity index (χ0n) is 16.8. The molecule has 0 spiro atoms. The Morgan fingerprint density at radius 1 is 0.964 bits per heavy atom. The van der Waals surface area contributed by atoms with Crippen molar-refractivity contribution in [1.29, 1.82) is 0 Å². The van der Waals surface area contributed by atoms with E-state index in [4.69, 9.17) is 9.84 Å². The van der Waals surface area contributed by atoms with Crippen LogP contribution in [0.2, 0.25) is 0 Å². The highest BCUT2D eigenvalue weighted by Crippen LogP contribution is 2.27. The minimum Gasteiger partial charge on any atom is -0.497 e. The summed E-state index contributed by atoms with van der Waals surface area (Å²) in [4.78, 5) is 9.41. The molecule has 1 aliphatic heterocycles. The molecule has 4 rings (SSSR count). The summed E-state index contributed by atoms with van der Waals surface area (Å²) in [5.74, 6) is 1.77. The summed E-state index contributed by atoms with van der Waals surface area (Å²) < 4.78 is 7.20. The van der Waals surface area contributed by atoms with E-state index in [1.54, 1.807) is 7.11 Å². The first kappa shape index (κ1) is 18.5. The molecule has 28 heavy (non-hydrogen) atoms. The summed E-state index contributed by atoms with van der Waals surface area (Å²) in [7, 11) is 1.70. The zero-order valence-corrected chi connectivity index (χ0v) is 16.8. The summed E-state index contributed by atoms with van der Waals surface area (Å²) in [5, 5.41) is 4.75. The number of methoxy groups -OCH3 is 1. The van der Waals surface area contributed by atoms with E-state index in [-0.39, 0.29) is 0 Å². The molecule has 0 atom stereocenters. The van der Waals surface area contributed by atoms with Gasteiger partial charge in [-0.25, -0.2) is 9.67 Å². The van der Waals surface area contributed by atoms with Gasteiger partial charge in [0.25, 0.3) is 0 Å². The molecular weight excluding hydrogens is 350 g/mol. The van der Waals surface area contributed by atoms with E-state index in [2.05, 4.69) is 40.8 Å². The van der Waals surface area contributed by atoms with Crippen LogP contribution >= 0.6 is 0 Å². The normalized spacial score (nSPS) is 15.0. The number of hydrogen-bond acceptors (Lipinski definition) is 5. The van der Waals surface area contributed by atoms with Crippen LogP contribution in [0.4, 0.5) is 5.69 Å². The van der Waals surface area contributed by atoms with Crippen LogP contribution in [0.3, 0.4) is 0 Å². The Morgan fingerprint density at radius 3 is 2.36 bits per heavy atom.